The molecule has 1 unspecified atom stereocenters. The van der Waals surface area contributed by atoms with Gasteiger partial charge in [-0.2, -0.15) is 0 Å². The molecule has 0 aromatic carbocycles. The Morgan fingerprint density at radius 3 is 2.85 bits per heavy atom. The van der Waals surface area contributed by atoms with Crippen LogP contribution in [0.4, 0.5) is 0 Å². The van der Waals surface area contributed by atoms with E-state index in [-0.39, 0.29) is 0 Å². The van der Waals surface area contributed by atoms with Crippen LogP contribution in [-0.4, -0.2) is 17.7 Å². The number of nitrogens with one attached hydrogen (secondary N) is 1. The van der Waals surface area contributed by atoms with Crippen molar-refractivity contribution >= 4 is 0 Å². The Morgan fingerprint density at radius 2 is 2.31 bits per heavy atom. The summed E-state index contributed by atoms with van der Waals surface area (Å²) in [4.78, 5) is 0. The molecule has 0 amide bonds. The van der Waals surface area contributed by atoms with Crippen molar-refractivity contribution in [2.45, 2.75) is 39.3 Å². The van der Waals surface area contributed by atoms with Crippen LogP contribution < -0.4 is 5.32 Å². The molecule has 0 radical (unpaired) electrons. The molecule has 0 fully saturated rings. The van der Waals surface area contributed by atoms with E-state index >= 15 is 0 Å². The van der Waals surface area contributed by atoms with Gasteiger partial charge in [0.05, 0.1) is 0 Å². The summed E-state index contributed by atoms with van der Waals surface area (Å²) in [7, 11) is 2.02. The van der Waals surface area contributed by atoms with E-state index in [0.29, 0.717) is 6.04 Å². The first-order valence-electron chi connectivity index (χ1n) is 5.08. The molecule has 1 heterocycles. The van der Waals surface area contributed by atoms with Crippen molar-refractivity contribution in [1.82, 2.24) is 9.88 Å². The third kappa shape index (κ3) is 3.23. The smallest absolute Gasteiger partial charge is 0.0191 e. The maximum absolute atomic E-state index is 3.25. The third-order valence-corrected chi connectivity index (χ3v) is 2.54. The highest BCUT2D eigenvalue weighted by Gasteiger charge is 2.00. The van der Waals surface area contributed by atoms with Crippen LogP contribution in [-0.2, 0) is 13.0 Å². The summed E-state index contributed by atoms with van der Waals surface area (Å²) in [5.41, 5.74) is 1.45. The Kier molecular flexibility index (Phi) is 4.03. The minimum atomic E-state index is 0.616. The Bertz CT molecular complexity index is 240. The average molecular weight is 180 g/mol. The molecule has 0 aliphatic carbocycles. The van der Waals surface area contributed by atoms with Gasteiger partial charge in [-0.1, -0.05) is 0 Å². The first-order valence-corrected chi connectivity index (χ1v) is 5.08. The highest BCUT2D eigenvalue weighted by Crippen LogP contribution is 2.06. The molecule has 1 N–H and O–H groups in total. The lowest BCUT2D eigenvalue weighted by Crippen LogP contribution is -2.21. The predicted molar refractivity (Wildman–Crippen MR) is 56.9 cm³/mol. The minimum absolute atomic E-state index is 0.616. The summed E-state index contributed by atoms with van der Waals surface area (Å²) in [5, 5.41) is 3.25. The van der Waals surface area contributed by atoms with E-state index < -0.39 is 0 Å². The molecule has 0 spiro atoms. The molecule has 0 bridgehead atoms. The monoisotopic (exact) mass is 180 g/mol. The molecule has 1 atom stereocenters. The second-order valence-corrected chi connectivity index (χ2v) is 3.58. The van der Waals surface area contributed by atoms with Gasteiger partial charge in [0.2, 0.25) is 0 Å². The molecular weight excluding hydrogens is 160 g/mol. The number of hydrogen-bond acceptors (Lipinski definition) is 1. The largest absolute Gasteiger partial charge is 0.354 e. The predicted octanol–water partition coefficient (Wildman–Crippen LogP) is 2.05. The summed E-state index contributed by atoms with van der Waals surface area (Å²) in [5.74, 6) is 0. The number of rotatable bonds is 5. The van der Waals surface area contributed by atoms with Gasteiger partial charge in [-0.3, -0.25) is 0 Å². The van der Waals surface area contributed by atoms with Gasteiger partial charge in [0.15, 0.2) is 0 Å². The Labute approximate surface area is 81.0 Å². The molecule has 1 rings (SSSR count). The zero-order valence-electron chi connectivity index (χ0n) is 8.88. The zero-order chi connectivity index (χ0) is 9.68. The fraction of sp³-hybridized carbons (Fsp3) is 0.636. The summed E-state index contributed by atoms with van der Waals surface area (Å²) in [6.45, 7) is 5.46. The van der Waals surface area contributed by atoms with Crippen LogP contribution in [0.5, 0.6) is 0 Å². The fourth-order valence-electron chi connectivity index (χ4n) is 1.36. The van der Waals surface area contributed by atoms with Crippen LogP contribution in [0.2, 0.25) is 0 Å². The van der Waals surface area contributed by atoms with Crippen LogP contribution in [0, 0.1) is 0 Å². The van der Waals surface area contributed by atoms with E-state index in [2.05, 4.69) is 42.2 Å². The maximum atomic E-state index is 3.25. The van der Waals surface area contributed by atoms with Gasteiger partial charge in [-0.15, -0.1) is 0 Å². The Hall–Kier alpha value is -0.760. The molecule has 1 aromatic heterocycles. The second-order valence-electron chi connectivity index (χ2n) is 3.58. The fourth-order valence-corrected chi connectivity index (χ4v) is 1.36. The summed E-state index contributed by atoms with van der Waals surface area (Å²) >= 11 is 0. The van der Waals surface area contributed by atoms with Crippen molar-refractivity contribution in [2.75, 3.05) is 7.05 Å². The van der Waals surface area contributed by atoms with Gasteiger partial charge in [0.1, 0.15) is 0 Å². The lowest BCUT2D eigenvalue weighted by atomic mass is 10.1. The molecule has 0 aliphatic rings. The molecule has 0 saturated carbocycles. The standard InChI is InChI=1S/C11H20N2/c1-4-13-8-7-11(9-13)6-5-10(2)12-3/h7-10,12H,4-6H2,1-3H3. The second kappa shape index (κ2) is 5.07. The van der Waals surface area contributed by atoms with Crippen molar-refractivity contribution in [3.05, 3.63) is 24.0 Å². The van der Waals surface area contributed by atoms with Crippen molar-refractivity contribution in [3.8, 4) is 0 Å². The molecule has 2 heteroatoms. The lowest BCUT2D eigenvalue weighted by Gasteiger charge is -2.07. The summed E-state index contributed by atoms with van der Waals surface area (Å²) in [6.07, 6.45) is 6.78. The normalized spacial score (nSPS) is 13.2. The van der Waals surface area contributed by atoms with Gasteiger partial charge in [0, 0.05) is 25.0 Å². The van der Waals surface area contributed by atoms with E-state index in [1.807, 2.05) is 7.05 Å². The van der Waals surface area contributed by atoms with Crippen LogP contribution in [0.3, 0.4) is 0 Å². The van der Waals surface area contributed by atoms with Crippen LogP contribution in [0.1, 0.15) is 25.8 Å². The van der Waals surface area contributed by atoms with Crippen molar-refractivity contribution in [1.29, 1.82) is 0 Å². The summed E-state index contributed by atoms with van der Waals surface area (Å²) < 4.78 is 2.22. The number of aromatic nitrogens is 1. The first kappa shape index (κ1) is 10.3. The highest BCUT2D eigenvalue weighted by atomic mass is 14.9. The molecule has 1 aromatic rings. The van der Waals surface area contributed by atoms with Crippen LogP contribution >= 0.6 is 0 Å². The van der Waals surface area contributed by atoms with Crippen molar-refractivity contribution in [3.63, 3.8) is 0 Å². The first-order chi connectivity index (χ1) is 6.26. The van der Waals surface area contributed by atoms with Gasteiger partial charge >= 0.3 is 0 Å². The van der Waals surface area contributed by atoms with E-state index in [9.17, 15) is 0 Å². The van der Waals surface area contributed by atoms with Crippen molar-refractivity contribution < 1.29 is 0 Å². The van der Waals surface area contributed by atoms with E-state index in [1.165, 1.54) is 18.4 Å². The van der Waals surface area contributed by atoms with Crippen LogP contribution in [0.25, 0.3) is 0 Å². The zero-order valence-corrected chi connectivity index (χ0v) is 8.88. The van der Waals surface area contributed by atoms with Gasteiger partial charge in [-0.25, -0.2) is 0 Å². The van der Waals surface area contributed by atoms with Crippen LogP contribution in [0.15, 0.2) is 18.5 Å². The van der Waals surface area contributed by atoms with Crippen molar-refractivity contribution in [2.24, 2.45) is 0 Å². The number of hydrogen-bond donors (Lipinski definition) is 1. The topological polar surface area (TPSA) is 17.0 Å². The average Bonchev–Trinajstić information content (AvgIpc) is 2.61. The van der Waals surface area contributed by atoms with Gasteiger partial charge in [0.25, 0.3) is 0 Å². The molecule has 0 aliphatic heterocycles. The van der Waals surface area contributed by atoms with Gasteiger partial charge < -0.3 is 9.88 Å². The molecule has 0 saturated heterocycles. The highest BCUT2D eigenvalue weighted by molar-refractivity contribution is 5.10. The molecule has 13 heavy (non-hydrogen) atoms. The summed E-state index contributed by atoms with van der Waals surface area (Å²) in [6, 6.07) is 2.83. The number of aryl methyl sites for hydroxylation is 2. The lowest BCUT2D eigenvalue weighted by molar-refractivity contribution is 0.565. The van der Waals surface area contributed by atoms with Gasteiger partial charge in [-0.05, 0) is 45.4 Å². The third-order valence-electron chi connectivity index (χ3n) is 2.54. The quantitative estimate of drug-likeness (QED) is 0.734. The Morgan fingerprint density at radius 1 is 1.54 bits per heavy atom. The number of nitrogens with zero attached hydrogens (tertiary/aromatic N) is 1. The maximum Gasteiger partial charge on any atom is 0.0191 e. The molecule has 74 valence electrons. The Balaban J connectivity index is 2.36. The molecular formula is C11H20N2. The molecule has 2 nitrogen and oxygen atoms in total. The SMILES string of the molecule is CCn1ccc(CCC(C)NC)c1. The van der Waals surface area contributed by atoms with E-state index in [1.54, 1.807) is 0 Å². The van der Waals surface area contributed by atoms with E-state index in [0.717, 1.165) is 6.54 Å². The van der Waals surface area contributed by atoms with E-state index in [4.69, 9.17) is 0 Å². The minimum Gasteiger partial charge on any atom is -0.354 e.